The van der Waals surface area contributed by atoms with Crippen LogP contribution in [0.4, 0.5) is 0 Å². The molecule has 12 heavy (non-hydrogen) atoms. The van der Waals surface area contributed by atoms with Crippen molar-refractivity contribution in [1.29, 1.82) is 0 Å². The molecule has 0 aromatic heterocycles. The molecular weight excluding hydrogens is 317 g/mol. The minimum Gasteiger partial charge on any atom is -0.330 e. The van der Waals surface area contributed by atoms with Gasteiger partial charge in [0.1, 0.15) is 5.78 Å². The molecule has 0 aliphatic heterocycles. The molecule has 2 rings (SSSR count). The third-order valence-corrected chi connectivity index (χ3v) is 4.14. The van der Waals surface area contributed by atoms with Crippen molar-refractivity contribution in [3.05, 3.63) is 6.92 Å². The van der Waals surface area contributed by atoms with Crippen molar-refractivity contribution in [1.82, 2.24) is 0 Å². The number of hydrogen-bond acceptors (Lipinski definition) is 1. The second-order valence-electron chi connectivity index (χ2n) is 4.67. The zero-order valence-electron chi connectivity index (χ0n) is 7.76. The first-order valence-electron chi connectivity index (χ1n) is 4.37. The number of fused-ring (bicyclic) bond motifs is 2. The van der Waals surface area contributed by atoms with Crippen LogP contribution in [0.3, 0.4) is 0 Å². The Kier molecular flexibility index (Phi) is 2.36. The van der Waals surface area contributed by atoms with Crippen LogP contribution >= 0.6 is 0 Å². The van der Waals surface area contributed by atoms with Gasteiger partial charge in [0, 0.05) is 28.8 Å². The molecule has 0 heterocycles. The molecule has 67 valence electrons. The van der Waals surface area contributed by atoms with Gasteiger partial charge in [-0.15, -0.1) is 0 Å². The summed E-state index contributed by atoms with van der Waals surface area (Å²) in [5.74, 6) is 1.02. The van der Waals surface area contributed by atoms with E-state index in [4.69, 9.17) is 0 Å². The predicted octanol–water partition coefficient (Wildman–Crippen LogP) is 2.21. The molecule has 0 aromatic carbocycles. The van der Waals surface area contributed by atoms with Crippen molar-refractivity contribution in [3.63, 3.8) is 0 Å². The van der Waals surface area contributed by atoms with Crippen molar-refractivity contribution >= 4 is 5.78 Å². The zero-order chi connectivity index (χ0) is 8.28. The fourth-order valence-electron chi connectivity index (χ4n) is 2.77. The van der Waals surface area contributed by atoms with E-state index in [1.54, 1.807) is 0 Å². The first-order valence-corrected chi connectivity index (χ1v) is 4.37. The number of ketones is 1. The predicted molar refractivity (Wildman–Crippen MR) is 43.9 cm³/mol. The van der Waals surface area contributed by atoms with Gasteiger partial charge in [-0.3, -0.25) is 0 Å². The van der Waals surface area contributed by atoms with Gasteiger partial charge in [-0.05, 0) is 11.3 Å². The van der Waals surface area contributed by atoms with Crippen LogP contribution in [0.15, 0.2) is 0 Å². The summed E-state index contributed by atoms with van der Waals surface area (Å²) in [4.78, 5) is 11.5. The maximum Gasteiger partial charge on any atom is 0.110 e. The third-order valence-electron chi connectivity index (χ3n) is 4.14. The maximum atomic E-state index is 11.5. The van der Waals surface area contributed by atoms with Crippen LogP contribution < -0.4 is 0 Å². The monoisotopic (exact) mass is 332 g/mol. The molecule has 1 nitrogen and oxygen atoms in total. The van der Waals surface area contributed by atoms with Crippen molar-refractivity contribution < 1.29 is 27.2 Å². The Morgan fingerprint density at radius 2 is 2.08 bits per heavy atom. The summed E-state index contributed by atoms with van der Waals surface area (Å²) in [5.41, 5.74) is -0.0538. The van der Waals surface area contributed by atoms with Crippen LogP contribution in [-0.4, -0.2) is 5.78 Å². The van der Waals surface area contributed by atoms with E-state index < -0.39 is 0 Å². The van der Waals surface area contributed by atoms with Gasteiger partial charge in [0.15, 0.2) is 0 Å². The Morgan fingerprint density at radius 1 is 1.50 bits per heavy atom. The normalized spacial score (nSPS) is 42.9. The molecule has 1 radical (unpaired) electrons. The van der Waals surface area contributed by atoms with Crippen LogP contribution in [-0.2, 0) is 27.2 Å². The Morgan fingerprint density at radius 3 is 2.25 bits per heavy atom. The SMILES string of the molecule is [CH2-]C12CCC(CC1=O)C2(C)C.[Ta]. The van der Waals surface area contributed by atoms with Crippen LogP contribution in [0.1, 0.15) is 33.1 Å². The smallest absolute Gasteiger partial charge is 0.110 e. The first kappa shape index (κ1) is 10.5. The van der Waals surface area contributed by atoms with E-state index in [0.717, 1.165) is 12.8 Å². The Labute approximate surface area is 89.8 Å². The topological polar surface area (TPSA) is 17.1 Å². The van der Waals surface area contributed by atoms with Gasteiger partial charge in [0.25, 0.3) is 0 Å². The van der Waals surface area contributed by atoms with Gasteiger partial charge in [-0.2, -0.15) is 0 Å². The molecule has 0 spiro atoms. The van der Waals surface area contributed by atoms with E-state index in [1.807, 2.05) is 0 Å². The van der Waals surface area contributed by atoms with Gasteiger partial charge in [-0.25, -0.2) is 0 Å². The molecule has 0 N–H and O–H groups in total. The number of carbonyl (C=O) groups is 1. The fraction of sp³-hybridized carbons (Fsp3) is 0.800. The van der Waals surface area contributed by atoms with E-state index in [0.29, 0.717) is 11.7 Å². The van der Waals surface area contributed by atoms with Crippen molar-refractivity contribution in [2.24, 2.45) is 16.7 Å². The van der Waals surface area contributed by atoms with Gasteiger partial charge in [0.05, 0.1) is 0 Å². The van der Waals surface area contributed by atoms with E-state index in [2.05, 4.69) is 20.8 Å². The molecule has 0 amide bonds. The number of hydrogen-bond donors (Lipinski definition) is 0. The fourth-order valence-corrected chi connectivity index (χ4v) is 2.77. The Balaban J connectivity index is 0.000000720. The Hall–Kier alpha value is 0.410. The average molecular weight is 332 g/mol. The molecule has 2 fully saturated rings. The minimum absolute atomic E-state index is 0. The van der Waals surface area contributed by atoms with Crippen molar-refractivity contribution in [2.45, 2.75) is 33.1 Å². The Bertz CT molecular complexity index is 222. The second kappa shape index (κ2) is 2.70. The molecular formula is C10H15OTa-. The summed E-state index contributed by atoms with van der Waals surface area (Å²) in [6, 6.07) is 0. The average Bonchev–Trinajstić information content (AvgIpc) is 2.20. The van der Waals surface area contributed by atoms with Gasteiger partial charge in [0.2, 0.25) is 0 Å². The molecule has 2 unspecified atom stereocenters. The van der Waals surface area contributed by atoms with Crippen LogP contribution in [0.5, 0.6) is 0 Å². The van der Waals surface area contributed by atoms with E-state index in [1.165, 1.54) is 6.42 Å². The standard InChI is InChI=1S/C10H15O.Ta/c1-9(2)7-4-5-10(9,3)8(11)6-7;/h7H,3-6H2,1-2H3;/q-1;. The van der Waals surface area contributed by atoms with Crippen LogP contribution in [0.2, 0.25) is 0 Å². The molecule has 2 aliphatic carbocycles. The summed E-state index contributed by atoms with van der Waals surface area (Å²) >= 11 is 0. The molecule has 2 aliphatic rings. The molecule has 0 aromatic rings. The van der Waals surface area contributed by atoms with Crippen molar-refractivity contribution in [3.8, 4) is 0 Å². The molecule has 2 heteroatoms. The maximum absolute atomic E-state index is 11.5. The minimum atomic E-state index is -0.225. The van der Waals surface area contributed by atoms with E-state index in [9.17, 15) is 4.79 Å². The summed E-state index contributed by atoms with van der Waals surface area (Å²) < 4.78 is 0. The molecule has 0 saturated heterocycles. The van der Waals surface area contributed by atoms with E-state index >= 15 is 0 Å². The summed E-state index contributed by atoms with van der Waals surface area (Å²) in [5, 5.41) is 0. The summed E-state index contributed by atoms with van der Waals surface area (Å²) in [6.07, 6.45) is 3.02. The summed E-state index contributed by atoms with van der Waals surface area (Å²) in [7, 11) is 0. The van der Waals surface area contributed by atoms with Gasteiger partial charge in [-0.1, -0.05) is 32.1 Å². The second-order valence-corrected chi connectivity index (χ2v) is 4.67. The zero-order valence-corrected chi connectivity index (χ0v) is 11.0. The van der Waals surface area contributed by atoms with Crippen LogP contribution in [0.25, 0.3) is 0 Å². The molecule has 2 saturated carbocycles. The van der Waals surface area contributed by atoms with Crippen LogP contribution in [0, 0.1) is 23.7 Å². The number of carbonyl (C=O) groups excluding carboxylic acids is 1. The quantitative estimate of drug-likeness (QED) is 0.622. The third kappa shape index (κ3) is 0.934. The van der Waals surface area contributed by atoms with E-state index in [-0.39, 0.29) is 33.2 Å². The first-order chi connectivity index (χ1) is 4.98. The number of Topliss-reactive ketones (excluding diaryl/α,β-unsaturated/α-hetero) is 1. The molecule has 2 atom stereocenters. The van der Waals surface area contributed by atoms with Gasteiger partial charge < -0.3 is 11.7 Å². The van der Waals surface area contributed by atoms with Crippen molar-refractivity contribution in [2.75, 3.05) is 0 Å². The molecule has 2 bridgehead atoms. The van der Waals surface area contributed by atoms with Gasteiger partial charge >= 0.3 is 0 Å². The summed E-state index contributed by atoms with van der Waals surface area (Å²) in [6.45, 7) is 8.51. The number of rotatable bonds is 0. The largest absolute Gasteiger partial charge is 0.330 e.